The normalized spacial score (nSPS) is 17.8. The van der Waals surface area contributed by atoms with Gasteiger partial charge in [0, 0.05) is 55.5 Å². The summed E-state index contributed by atoms with van der Waals surface area (Å²) in [6.45, 7) is 0.757. The third-order valence-electron chi connectivity index (χ3n) is 5.93. The number of rotatable bonds is 7. The van der Waals surface area contributed by atoms with E-state index >= 15 is 0 Å². The first kappa shape index (κ1) is 22.9. The maximum atomic E-state index is 13.2. The Morgan fingerprint density at radius 1 is 1.15 bits per heavy atom. The second-order valence-electron chi connectivity index (χ2n) is 7.90. The van der Waals surface area contributed by atoms with Crippen molar-refractivity contribution in [1.29, 1.82) is 0 Å². The number of Topliss-reactive ketones (excluding diaryl/α,β-unsaturated/α-hetero) is 1. The largest absolute Gasteiger partial charge is 0.507 e. The number of aryl methyl sites for hydroxylation is 1. The molecule has 172 valence electrons. The molecule has 1 aliphatic rings. The molecule has 1 aliphatic heterocycles. The van der Waals surface area contributed by atoms with Crippen molar-refractivity contribution in [3.8, 4) is 5.75 Å². The van der Waals surface area contributed by atoms with Gasteiger partial charge in [0.25, 0.3) is 11.7 Å². The number of carbonyl (C=O) groups excluding carboxylic acids is 2. The van der Waals surface area contributed by atoms with E-state index in [4.69, 9.17) is 21.1 Å². The van der Waals surface area contributed by atoms with E-state index in [9.17, 15) is 14.7 Å². The average molecular weight is 469 g/mol. The van der Waals surface area contributed by atoms with E-state index in [-0.39, 0.29) is 11.3 Å². The number of likely N-dealkylation sites (tertiary alicyclic amines) is 1. The fourth-order valence-corrected chi connectivity index (χ4v) is 4.56. The molecule has 1 unspecified atom stereocenters. The number of methoxy groups -OCH3 is 2. The van der Waals surface area contributed by atoms with Gasteiger partial charge in [0.1, 0.15) is 11.5 Å². The van der Waals surface area contributed by atoms with Crippen molar-refractivity contribution in [1.82, 2.24) is 9.47 Å². The molecule has 1 amide bonds. The molecular formula is C25H25ClN2O5. The number of carbonyl (C=O) groups is 2. The van der Waals surface area contributed by atoms with Crippen molar-refractivity contribution >= 4 is 40.0 Å². The Bertz CT molecular complexity index is 1260. The molecule has 0 bridgehead atoms. The standard InChI is InChI=1S/C25H25ClN2O5/c1-27-14-17(16-7-4-5-8-19(16)27)22-21(24(30)25(31)28(22)11-6-12-32-2)23(29)15-9-10-18(26)20(13-15)33-3/h4-5,7-10,13-14,22,29H,6,11-12H2,1-3H3/b23-21+. The molecule has 7 nitrogen and oxygen atoms in total. The number of aliphatic hydroxyl groups excluding tert-OH is 1. The van der Waals surface area contributed by atoms with Gasteiger partial charge in [0.15, 0.2) is 0 Å². The van der Waals surface area contributed by atoms with Gasteiger partial charge >= 0.3 is 0 Å². The zero-order valence-corrected chi connectivity index (χ0v) is 19.4. The molecule has 0 spiro atoms. The van der Waals surface area contributed by atoms with Crippen LogP contribution in [0.2, 0.25) is 5.02 Å². The summed E-state index contributed by atoms with van der Waals surface area (Å²) < 4.78 is 12.4. The van der Waals surface area contributed by atoms with Crippen LogP contribution in [0.15, 0.2) is 54.2 Å². The molecule has 2 heterocycles. The molecule has 1 aromatic heterocycles. The lowest BCUT2D eigenvalue weighted by atomic mass is 9.95. The van der Waals surface area contributed by atoms with Gasteiger partial charge in [-0.3, -0.25) is 9.59 Å². The lowest BCUT2D eigenvalue weighted by Crippen LogP contribution is -2.31. The number of ether oxygens (including phenoxy) is 2. The van der Waals surface area contributed by atoms with Crippen molar-refractivity contribution in [3.63, 3.8) is 0 Å². The Hall–Kier alpha value is -3.29. The maximum Gasteiger partial charge on any atom is 0.295 e. The van der Waals surface area contributed by atoms with Crippen molar-refractivity contribution in [3.05, 3.63) is 70.4 Å². The number of benzene rings is 2. The maximum absolute atomic E-state index is 13.2. The number of hydrogen-bond acceptors (Lipinski definition) is 5. The summed E-state index contributed by atoms with van der Waals surface area (Å²) in [6.07, 6.45) is 2.46. The summed E-state index contributed by atoms with van der Waals surface area (Å²) in [5, 5.41) is 12.5. The van der Waals surface area contributed by atoms with Crippen LogP contribution in [0.25, 0.3) is 16.7 Å². The van der Waals surface area contributed by atoms with E-state index in [0.717, 1.165) is 16.5 Å². The highest BCUT2D eigenvalue weighted by Gasteiger charge is 2.46. The van der Waals surface area contributed by atoms with Gasteiger partial charge in [-0.2, -0.15) is 0 Å². The van der Waals surface area contributed by atoms with E-state index in [2.05, 4.69) is 0 Å². The molecule has 0 aliphatic carbocycles. The average Bonchev–Trinajstić information content (AvgIpc) is 3.28. The van der Waals surface area contributed by atoms with Crippen molar-refractivity contribution in [2.75, 3.05) is 27.4 Å². The predicted molar refractivity (Wildman–Crippen MR) is 126 cm³/mol. The van der Waals surface area contributed by atoms with Crippen LogP contribution in [0, 0.1) is 0 Å². The molecule has 8 heteroatoms. The molecular weight excluding hydrogens is 444 g/mol. The molecule has 1 fully saturated rings. The quantitative estimate of drug-likeness (QED) is 0.242. The molecule has 4 rings (SSSR count). The van der Waals surface area contributed by atoms with Gasteiger partial charge < -0.3 is 24.0 Å². The van der Waals surface area contributed by atoms with Crippen LogP contribution in [0.3, 0.4) is 0 Å². The number of para-hydroxylation sites is 1. The van der Waals surface area contributed by atoms with Crippen LogP contribution in [0.5, 0.6) is 5.75 Å². The molecule has 1 atom stereocenters. The minimum Gasteiger partial charge on any atom is -0.507 e. The molecule has 3 aromatic rings. The number of hydrogen-bond donors (Lipinski definition) is 1. The zero-order valence-electron chi connectivity index (χ0n) is 18.7. The fraction of sp³-hybridized carbons (Fsp3) is 0.280. The van der Waals surface area contributed by atoms with Gasteiger partial charge in [0.05, 0.1) is 23.7 Å². The number of halogens is 1. The van der Waals surface area contributed by atoms with E-state index < -0.39 is 17.7 Å². The molecule has 1 saturated heterocycles. The van der Waals surface area contributed by atoms with Crippen LogP contribution in [-0.2, 0) is 21.4 Å². The molecule has 0 radical (unpaired) electrons. The third-order valence-corrected chi connectivity index (χ3v) is 6.25. The minimum absolute atomic E-state index is 0.0399. The molecule has 1 N–H and O–H groups in total. The van der Waals surface area contributed by atoms with Gasteiger partial charge in [0.2, 0.25) is 0 Å². The highest BCUT2D eigenvalue weighted by Crippen LogP contribution is 2.43. The van der Waals surface area contributed by atoms with Crippen LogP contribution < -0.4 is 4.74 Å². The Morgan fingerprint density at radius 3 is 2.64 bits per heavy atom. The first-order valence-corrected chi connectivity index (χ1v) is 10.9. The SMILES string of the molecule is COCCCN1C(=O)C(=O)/C(=C(/O)c2ccc(Cl)c(OC)c2)C1c1cn(C)c2ccccc12. The third kappa shape index (κ3) is 3.98. The second-order valence-corrected chi connectivity index (χ2v) is 8.31. The van der Waals surface area contributed by atoms with Gasteiger partial charge in [-0.1, -0.05) is 29.8 Å². The van der Waals surface area contributed by atoms with Crippen molar-refractivity contribution in [2.24, 2.45) is 7.05 Å². The van der Waals surface area contributed by atoms with Gasteiger partial charge in [-0.25, -0.2) is 0 Å². The second kappa shape index (κ2) is 9.29. The van der Waals surface area contributed by atoms with Gasteiger partial charge in [-0.05, 0) is 30.7 Å². The Balaban J connectivity index is 1.92. The monoisotopic (exact) mass is 468 g/mol. The highest BCUT2D eigenvalue weighted by molar-refractivity contribution is 6.46. The number of nitrogens with zero attached hydrogens (tertiary/aromatic N) is 2. The molecule has 33 heavy (non-hydrogen) atoms. The first-order valence-electron chi connectivity index (χ1n) is 10.5. The molecule has 2 aromatic carbocycles. The van der Waals surface area contributed by atoms with Crippen LogP contribution in [-0.4, -0.2) is 53.6 Å². The summed E-state index contributed by atoms with van der Waals surface area (Å²) in [6, 6.07) is 11.8. The number of amides is 1. The van der Waals surface area contributed by atoms with Crippen molar-refractivity contribution in [2.45, 2.75) is 12.5 Å². The fourth-order valence-electron chi connectivity index (χ4n) is 4.37. The van der Waals surface area contributed by atoms with E-state index in [1.807, 2.05) is 42.1 Å². The Labute approximate surface area is 196 Å². The van der Waals surface area contributed by atoms with Crippen LogP contribution >= 0.6 is 11.6 Å². The summed E-state index contributed by atoms with van der Waals surface area (Å²) >= 11 is 6.13. The van der Waals surface area contributed by atoms with Crippen LogP contribution in [0.1, 0.15) is 23.6 Å². The molecule has 0 saturated carbocycles. The summed E-state index contributed by atoms with van der Waals surface area (Å²) in [4.78, 5) is 27.8. The smallest absolute Gasteiger partial charge is 0.295 e. The lowest BCUT2D eigenvalue weighted by Gasteiger charge is -2.25. The lowest BCUT2D eigenvalue weighted by molar-refractivity contribution is -0.140. The Morgan fingerprint density at radius 2 is 1.91 bits per heavy atom. The highest BCUT2D eigenvalue weighted by atomic mass is 35.5. The van der Waals surface area contributed by atoms with E-state index in [1.54, 1.807) is 25.3 Å². The predicted octanol–water partition coefficient (Wildman–Crippen LogP) is 4.30. The van der Waals surface area contributed by atoms with Crippen LogP contribution in [0.4, 0.5) is 0 Å². The zero-order chi connectivity index (χ0) is 23.7. The number of aromatic nitrogens is 1. The summed E-state index contributed by atoms with van der Waals surface area (Å²) in [7, 11) is 4.97. The van der Waals surface area contributed by atoms with E-state index in [0.29, 0.717) is 35.9 Å². The number of ketones is 1. The number of fused-ring (bicyclic) bond motifs is 1. The van der Waals surface area contributed by atoms with Crippen molar-refractivity contribution < 1.29 is 24.2 Å². The first-order chi connectivity index (χ1) is 15.9. The van der Waals surface area contributed by atoms with Gasteiger partial charge in [-0.15, -0.1) is 0 Å². The number of aliphatic hydroxyl groups is 1. The summed E-state index contributed by atoms with van der Waals surface area (Å²) in [5.74, 6) is -1.28. The topological polar surface area (TPSA) is 81.0 Å². The minimum atomic E-state index is -0.741. The Kier molecular flexibility index (Phi) is 6.44. The summed E-state index contributed by atoms with van der Waals surface area (Å²) in [5.41, 5.74) is 2.12. The van der Waals surface area contributed by atoms with E-state index in [1.165, 1.54) is 12.0 Å².